The number of carbonyl (C=O) groups is 1. The van der Waals surface area contributed by atoms with Gasteiger partial charge in [-0.2, -0.15) is 0 Å². The predicted octanol–water partition coefficient (Wildman–Crippen LogP) is 3.90. The predicted molar refractivity (Wildman–Crippen MR) is 99.5 cm³/mol. The molecule has 1 N–H and O–H groups in total. The minimum atomic E-state index is 0.0670. The minimum Gasteiger partial charge on any atom is -0.454 e. The van der Waals surface area contributed by atoms with Gasteiger partial charge in [-0.25, -0.2) is 0 Å². The first-order chi connectivity index (χ1) is 12.1. The maximum Gasteiger partial charge on any atom is 0.231 e. The van der Waals surface area contributed by atoms with E-state index in [4.69, 9.17) is 9.47 Å². The fourth-order valence-electron chi connectivity index (χ4n) is 2.52. The highest BCUT2D eigenvalue weighted by Gasteiger charge is 2.12. The Bertz CT molecular complexity index is 763. The van der Waals surface area contributed by atoms with Gasteiger partial charge in [0.1, 0.15) is 0 Å². The van der Waals surface area contributed by atoms with Crippen molar-refractivity contribution < 1.29 is 14.3 Å². The second-order valence-corrected chi connectivity index (χ2v) is 6.56. The van der Waals surface area contributed by atoms with Crippen LogP contribution in [0.5, 0.6) is 11.5 Å². The molecule has 0 bridgehead atoms. The minimum absolute atomic E-state index is 0.0670. The molecule has 4 nitrogen and oxygen atoms in total. The van der Waals surface area contributed by atoms with E-state index in [1.807, 2.05) is 54.6 Å². The first-order valence-electron chi connectivity index (χ1n) is 8.53. The summed E-state index contributed by atoms with van der Waals surface area (Å²) < 4.78 is 10.7. The Morgan fingerprint density at radius 1 is 1.04 bits per heavy atom. The van der Waals surface area contributed by atoms with Crippen LogP contribution in [0.1, 0.15) is 30.5 Å². The van der Waals surface area contributed by atoms with Gasteiger partial charge in [0.25, 0.3) is 0 Å². The molecule has 0 fully saturated rings. The average Bonchev–Trinajstić information content (AvgIpc) is 3.07. The topological polar surface area (TPSA) is 47.6 Å². The number of hydrogen-bond acceptors (Lipinski definition) is 3. The van der Waals surface area contributed by atoms with E-state index >= 15 is 0 Å². The van der Waals surface area contributed by atoms with Crippen molar-refractivity contribution >= 4 is 18.1 Å². The Hall–Kier alpha value is -2.75. The summed E-state index contributed by atoms with van der Waals surface area (Å²) >= 11 is 0. The molecule has 0 spiro atoms. The Balaban J connectivity index is 1.58. The van der Waals surface area contributed by atoms with Gasteiger partial charge in [0.05, 0.1) is 6.42 Å². The summed E-state index contributed by atoms with van der Waals surface area (Å²) in [6.45, 7) is 5.17. The lowest BCUT2D eigenvalue weighted by Crippen LogP contribution is -2.28. The van der Waals surface area contributed by atoms with E-state index in [1.165, 1.54) is 0 Å². The molecule has 1 aliphatic heterocycles. The van der Waals surface area contributed by atoms with Gasteiger partial charge in [-0.1, -0.05) is 56.3 Å². The van der Waals surface area contributed by atoms with Crippen molar-refractivity contribution in [3.63, 3.8) is 0 Å². The van der Waals surface area contributed by atoms with Gasteiger partial charge in [0, 0.05) is 6.54 Å². The summed E-state index contributed by atoms with van der Waals surface area (Å²) in [5.74, 6) is 2.10. The molecule has 0 unspecified atom stereocenters. The number of rotatable bonds is 6. The van der Waals surface area contributed by atoms with Gasteiger partial charge in [0.15, 0.2) is 11.5 Å². The van der Waals surface area contributed by atoms with Crippen molar-refractivity contribution in [3.8, 4) is 11.5 Å². The number of hydrogen-bond donors (Lipinski definition) is 1. The van der Waals surface area contributed by atoms with E-state index in [2.05, 4.69) is 19.2 Å². The fourth-order valence-corrected chi connectivity index (χ4v) is 2.52. The molecule has 25 heavy (non-hydrogen) atoms. The Labute approximate surface area is 148 Å². The second kappa shape index (κ2) is 7.88. The normalized spacial score (nSPS) is 12.8. The van der Waals surface area contributed by atoms with Crippen LogP contribution in [0.2, 0.25) is 0 Å². The van der Waals surface area contributed by atoms with Crippen LogP contribution in [0.15, 0.2) is 42.5 Å². The zero-order chi connectivity index (χ0) is 17.6. The summed E-state index contributed by atoms with van der Waals surface area (Å²) in [5.41, 5.74) is 3.16. The lowest BCUT2D eigenvalue weighted by Gasteiger charge is -2.07. The molecule has 4 heteroatoms. The van der Waals surface area contributed by atoms with E-state index < -0.39 is 0 Å². The van der Waals surface area contributed by atoms with Crippen LogP contribution < -0.4 is 14.8 Å². The smallest absolute Gasteiger partial charge is 0.231 e. The van der Waals surface area contributed by atoms with E-state index in [1.54, 1.807) is 0 Å². The molecule has 1 amide bonds. The van der Waals surface area contributed by atoms with Gasteiger partial charge in [0.2, 0.25) is 12.7 Å². The molecule has 2 aromatic rings. The Kier molecular flexibility index (Phi) is 5.39. The lowest BCUT2D eigenvalue weighted by molar-refractivity contribution is -0.120. The summed E-state index contributed by atoms with van der Waals surface area (Å²) in [6, 6.07) is 13.9. The number of ether oxygens (including phenoxy) is 2. The SMILES string of the molecule is CC(C)CNC(=O)Cc1ccc(/C=C/c2ccc3c(c2)OCO3)cc1. The molecular weight excluding hydrogens is 314 g/mol. The monoisotopic (exact) mass is 337 g/mol. The van der Waals surface area contributed by atoms with Gasteiger partial charge in [-0.15, -0.1) is 0 Å². The van der Waals surface area contributed by atoms with Crippen LogP contribution >= 0.6 is 0 Å². The highest BCUT2D eigenvalue weighted by Crippen LogP contribution is 2.32. The molecule has 130 valence electrons. The van der Waals surface area contributed by atoms with Gasteiger partial charge >= 0.3 is 0 Å². The number of fused-ring (bicyclic) bond motifs is 1. The van der Waals surface area contributed by atoms with Crippen LogP contribution in [0.3, 0.4) is 0 Å². The molecule has 3 rings (SSSR count). The fraction of sp³-hybridized carbons (Fsp3) is 0.286. The van der Waals surface area contributed by atoms with Crippen LogP contribution in [0, 0.1) is 5.92 Å². The number of benzene rings is 2. The van der Waals surface area contributed by atoms with E-state index in [0.29, 0.717) is 12.3 Å². The first kappa shape index (κ1) is 17.1. The van der Waals surface area contributed by atoms with Crippen LogP contribution in [-0.4, -0.2) is 19.2 Å². The summed E-state index contributed by atoms with van der Waals surface area (Å²) in [6.07, 6.45) is 4.49. The van der Waals surface area contributed by atoms with Gasteiger partial charge in [-0.3, -0.25) is 4.79 Å². The van der Waals surface area contributed by atoms with Crippen molar-refractivity contribution in [1.82, 2.24) is 5.32 Å². The third kappa shape index (κ3) is 4.86. The highest BCUT2D eigenvalue weighted by molar-refractivity contribution is 5.78. The average molecular weight is 337 g/mol. The molecule has 0 saturated heterocycles. The third-order valence-corrected chi connectivity index (χ3v) is 3.92. The lowest BCUT2D eigenvalue weighted by atomic mass is 10.1. The van der Waals surface area contributed by atoms with Gasteiger partial charge < -0.3 is 14.8 Å². The Morgan fingerprint density at radius 2 is 1.72 bits per heavy atom. The van der Waals surface area contributed by atoms with Crippen molar-refractivity contribution in [2.45, 2.75) is 20.3 Å². The van der Waals surface area contributed by atoms with Crippen LogP contribution in [0.4, 0.5) is 0 Å². The largest absolute Gasteiger partial charge is 0.454 e. The van der Waals surface area contributed by atoms with Crippen LogP contribution in [-0.2, 0) is 11.2 Å². The van der Waals surface area contributed by atoms with Crippen molar-refractivity contribution in [3.05, 3.63) is 59.2 Å². The standard InChI is InChI=1S/C21H23NO3/c1-15(2)13-22-21(23)12-18-7-4-16(5-8-18)3-6-17-9-10-19-20(11-17)25-14-24-19/h3-11,15H,12-14H2,1-2H3,(H,22,23)/b6-3+. The highest BCUT2D eigenvalue weighted by atomic mass is 16.7. The second-order valence-electron chi connectivity index (χ2n) is 6.56. The molecule has 1 aliphatic rings. The number of amides is 1. The Morgan fingerprint density at radius 3 is 2.48 bits per heavy atom. The molecular formula is C21H23NO3. The van der Waals surface area contributed by atoms with E-state index in [-0.39, 0.29) is 12.7 Å². The van der Waals surface area contributed by atoms with Crippen LogP contribution in [0.25, 0.3) is 12.2 Å². The molecule has 0 aliphatic carbocycles. The van der Waals surface area contributed by atoms with Crippen molar-refractivity contribution in [2.75, 3.05) is 13.3 Å². The summed E-state index contributed by atoms with van der Waals surface area (Å²) in [5, 5.41) is 2.94. The zero-order valence-electron chi connectivity index (χ0n) is 14.6. The zero-order valence-corrected chi connectivity index (χ0v) is 14.6. The molecule has 2 aromatic carbocycles. The molecule has 0 radical (unpaired) electrons. The molecule has 0 saturated carbocycles. The van der Waals surface area contributed by atoms with Gasteiger partial charge in [-0.05, 0) is 34.7 Å². The number of nitrogens with one attached hydrogen (secondary N) is 1. The molecule has 0 atom stereocenters. The first-order valence-corrected chi connectivity index (χ1v) is 8.53. The third-order valence-electron chi connectivity index (χ3n) is 3.92. The summed E-state index contributed by atoms with van der Waals surface area (Å²) in [4.78, 5) is 11.9. The van der Waals surface area contributed by atoms with E-state index in [0.717, 1.165) is 34.7 Å². The quantitative estimate of drug-likeness (QED) is 0.813. The van der Waals surface area contributed by atoms with Crippen molar-refractivity contribution in [2.24, 2.45) is 5.92 Å². The molecule has 1 heterocycles. The van der Waals surface area contributed by atoms with Crippen molar-refractivity contribution in [1.29, 1.82) is 0 Å². The summed E-state index contributed by atoms with van der Waals surface area (Å²) in [7, 11) is 0. The number of carbonyl (C=O) groups excluding carboxylic acids is 1. The molecule has 0 aromatic heterocycles. The maximum atomic E-state index is 11.9. The maximum absolute atomic E-state index is 11.9. The van der Waals surface area contributed by atoms with E-state index in [9.17, 15) is 4.79 Å².